The van der Waals surface area contributed by atoms with Gasteiger partial charge in [-0.15, -0.1) is 0 Å². The lowest BCUT2D eigenvalue weighted by Crippen LogP contribution is -2.13. The highest BCUT2D eigenvalue weighted by Crippen LogP contribution is 1.77. The standard InChI is InChI=1S/C5H12NSi/c1-2-6-4-3-5-7/h6H,2-5H2,1H3. The lowest BCUT2D eigenvalue weighted by Gasteiger charge is -1.94. The molecule has 0 bridgehead atoms. The van der Waals surface area contributed by atoms with Gasteiger partial charge in [0.25, 0.3) is 0 Å². The molecule has 0 aromatic rings. The quantitative estimate of drug-likeness (QED) is 0.416. The van der Waals surface area contributed by atoms with Gasteiger partial charge in [-0.3, -0.25) is 0 Å². The van der Waals surface area contributed by atoms with Crippen LogP contribution in [0.3, 0.4) is 0 Å². The fourth-order valence-corrected chi connectivity index (χ4v) is 0.567. The molecule has 7 heavy (non-hydrogen) atoms. The monoisotopic (exact) mass is 114 g/mol. The smallest absolute Gasteiger partial charge is 0.0222 e. The van der Waals surface area contributed by atoms with Crippen molar-refractivity contribution >= 4 is 10.2 Å². The highest BCUT2D eigenvalue weighted by atomic mass is 28.1. The zero-order valence-corrected chi connectivity index (χ0v) is 5.83. The predicted molar refractivity (Wildman–Crippen MR) is 33.7 cm³/mol. The van der Waals surface area contributed by atoms with Gasteiger partial charge in [-0.2, -0.15) is 0 Å². The van der Waals surface area contributed by atoms with E-state index in [1.807, 2.05) is 0 Å². The van der Waals surface area contributed by atoms with Crippen LogP contribution in [-0.2, 0) is 0 Å². The highest BCUT2D eigenvalue weighted by molar-refractivity contribution is 6.08. The van der Waals surface area contributed by atoms with Crippen LogP contribution in [0.2, 0.25) is 6.04 Å². The van der Waals surface area contributed by atoms with E-state index in [1.165, 1.54) is 6.42 Å². The van der Waals surface area contributed by atoms with Crippen molar-refractivity contribution in [2.24, 2.45) is 0 Å². The highest BCUT2D eigenvalue weighted by Gasteiger charge is 1.77. The predicted octanol–water partition coefficient (Wildman–Crippen LogP) is 0.573. The van der Waals surface area contributed by atoms with Crippen LogP contribution in [0.25, 0.3) is 0 Å². The van der Waals surface area contributed by atoms with Gasteiger partial charge in [0.05, 0.1) is 0 Å². The van der Waals surface area contributed by atoms with Crippen LogP contribution >= 0.6 is 0 Å². The molecular formula is C5H12NSi. The molecule has 1 nitrogen and oxygen atoms in total. The zero-order chi connectivity index (χ0) is 5.54. The van der Waals surface area contributed by atoms with Crippen molar-refractivity contribution < 1.29 is 0 Å². The molecule has 1 N–H and O–H groups in total. The van der Waals surface area contributed by atoms with E-state index >= 15 is 0 Å². The minimum absolute atomic E-state index is 1.09. The molecule has 3 radical (unpaired) electrons. The van der Waals surface area contributed by atoms with Gasteiger partial charge in [-0.25, -0.2) is 0 Å². The molecule has 0 atom stereocenters. The summed E-state index contributed by atoms with van der Waals surface area (Å²) < 4.78 is 0. The summed E-state index contributed by atoms with van der Waals surface area (Å²) >= 11 is 0. The van der Waals surface area contributed by atoms with Gasteiger partial charge in [-0.05, 0) is 19.5 Å². The lowest BCUT2D eigenvalue weighted by atomic mass is 10.5. The van der Waals surface area contributed by atoms with Gasteiger partial charge in [0.1, 0.15) is 0 Å². The van der Waals surface area contributed by atoms with Crippen molar-refractivity contribution in [1.29, 1.82) is 0 Å². The summed E-state index contributed by atoms with van der Waals surface area (Å²) in [6.45, 7) is 4.35. The largest absolute Gasteiger partial charge is 0.317 e. The van der Waals surface area contributed by atoms with Crippen LogP contribution in [0.1, 0.15) is 13.3 Å². The summed E-state index contributed by atoms with van der Waals surface area (Å²) in [4.78, 5) is 0. The minimum atomic E-state index is 1.09. The van der Waals surface area contributed by atoms with E-state index in [-0.39, 0.29) is 0 Å². The van der Waals surface area contributed by atoms with Gasteiger partial charge < -0.3 is 5.32 Å². The Morgan fingerprint density at radius 1 is 1.57 bits per heavy atom. The van der Waals surface area contributed by atoms with Gasteiger partial charge in [0, 0.05) is 10.2 Å². The second-order valence-corrected chi connectivity index (χ2v) is 1.96. The van der Waals surface area contributed by atoms with E-state index in [1.54, 1.807) is 0 Å². The Kier molecular flexibility index (Phi) is 6.33. The molecule has 0 aliphatic carbocycles. The molecule has 2 heteroatoms. The molecule has 0 aromatic heterocycles. The van der Waals surface area contributed by atoms with E-state index in [4.69, 9.17) is 0 Å². The third-order valence-electron chi connectivity index (χ3n) is 0.780. The van der Waals surface area contributed by atoms with E-state index in [9.17, 15) is 0 Å². The van der Waals surface area contributed by atoms with Crippen LogP contribution in [0.15, 0.2) is 0 Å². The van der Waals surface area contributed by atoms with Crippen molar-refractivity contribution in [1.82, 2.24) is 5.32 Å². The molecule has 0 aliphatic rings. The Labute approximate surface area is 48.9 Å². The summed E-state index contributed by atoms with van der Waals surface area (Å²) in [5.41, 5.74) is 0. The summed E-state index contributed by atoms with van der Waals surface area (Å²) in [6.07, 6.45) is 1.23. The first kappa shape index (κ1) is 7.18. The van der Waals surface area contributed by atoms with Gasteiger partial charge in [0.2, 0.25) is 0 Å². The lowest BCUT2D eigenvalue weighted by molar-refractivity contribution is 0.703. The number of nitrogens with one attached hydrogen (secondary N) is 1. The normalized spacial score (nSPS) is 9.43. The Morgan fingerprint density at radius 3 is 2.71 bits per heavy atom. The maximum atomic E-state index is 3.38. The van der Waals surface area contributed by atoms with Crippen molar-refractivity contribution in [3.05, 3.63) is 0 Å². The van der Waals surface area contributed by atoms with Crippen molar-refractivity contribution in [3.63, 3.8) is 0 Å². The second-order valence-electron chi connectivity index (χ2n) is 1.46. The summed E-state index contributed by atoms with van der Waals surface area (Å²) in [6, 6.07) is 1.10. The van der Waals surface area contributed by atoms with Crippen LogP contribution in [0.5, 0.6) is 0 Å². The Morgan fingerprint density at radius 2 is 2.29 bits per heavy atom. The maximum absolute atomic E-state index is 3.38. The topological polar surface area (TPSA) is 12.0 Å². The molecular weight excluding hydrogens is 102 g/mol. The maximum Gasteiger partial charge on any atom is 0.0222 e. The van der Waals surface area contributed by atoms with Crippen LogP contribution in [0.4, 0.5) is 0 Å². The SMILES string of the molecule is CCNCCC[Si]. The molecule has 0 unspecified atom stereocenters. The van der Waals surface area contributed by atoms with Crippen LogP contribution in [-0.4, -0.2) is 23.3 Å². The number of hydrogen-bond donors (Lipinski definition) is 1. The molecule has 0 amide bonds. The summed E-state index contributed by atoms with van der Waals surface area (Å²) in [5.74, 6) is 0. The number of rotatable bonds is 4. The molecule has 0 saturated heterocycles. The molecule has 0 heterocycles. The molecule has 41 valence electrons. The first-order valence-corrected chi connectivity index (χ1v) is 3.47. The average Bonchev–Trinajstić information content (AvgIpc) is 1.69. The minimum Gasteiger partial charge on any atom is -0.317 e. The zero-order valence-electron chi connectivity index (χ0n) is 4.83. The van der Waals surface area contributed by atoms with E-state index in [0.29, 0.717) is 0 Å². The Hall–Kier alpha value is 0.177. The molecule has 0 aromatic carbocycles. The van der Waals surface area contributed by atoms with Gasteiger partial charge in [-0.1, -0.05) is 13.0 Å². The summed E-state index contributed by atoms with van der Waals surface area (Å²) in [5, 5.41) is 3.22. The second kappa shape index (κ2) is 6.18. The first-order chi connectivity index (χ1) is 3.41. The Balaban J connectivity index is 2.45. The van der Waals surface area contributed by atoms with Crippen LogP contribution < -0.4 is 5.32 Å². The Bertz CT molecular complexity index is 27.3. The first-order valence-electron chi connectivity index (χ1n) is 2.77. The fraction of sp³-hybridized carbons (Fsp3) is 1.00. The fourth-order valence-electron chi connectivity index (χ4n) is 0.390. The van der Waals surface area contributed by atoms with E-state index in [2.05, 4.69) is 22.5 Å². The third-order valence-corrected chi connectivity index (χ3v) is 1.13. The van der Waals surface area contributed by atoms with Gasteiger partial charge in [0.15, 0.2) is 0 Å². The average molecular weight is 114 g/mol. The molecule has 0 saturated carbocycles. The molecule has 0 rings (SSSR count). The van der Waals surface area contributed by atoms with Crippen molar-refractivity contribution in [2.45, 2.75) is 19.4 Å². The van der Waals surface area contributed by atoms with Crippen LogP contribution in [0, 0.1) is 0 Å². The molecule has 0 spiro atoms. The van der Waals surface area contributed by atoms with E-state index in [0.717, 1.165) is 19.1 Å². The summed E-state index contributed by atoms with van der Waals surface area (Å²) in [7, 11) is 3.38. The third kappa shape index (κ3) is 6.18. The van der Waals surface area contributed by atoms with E-state index < -0.39 is 0 Å². The number of hydrogen-bond acceptors (Lipinski definition) is 1. The van der Waals surface area contributed by atoms with Gasteiger partial charge >= 0.3 is 0 Å². The molecule has 0 fully saturated rings. The van der Waals surface area contributed by atoms with Crippen molar-refractivity contribution in [2.75, 3.05) is 13.1 Å². The molecule has 0 aliphatic heterocycles. The van der Waals surface area contributed by atoms with Crippen molar-refractivity contribution in [3.8, 4) is 0 Å².